The highest BCUT2D eigenvalue weighted by atomic mass is 32.2. The molecule has 0 atom stereocenters. The maximum atomic E-state index is 13.0. The Morgan fingerprint density at radius 3 is 2.58 bits per heavy atom. The number of carbonyl (C=O) groups excluding carboxylic acids is 2. The van der Waals surface area contributed by atoms with Gasteiger partial charge in [-0.15, -0.1) is 0 Å². The third kappa shape index (κ3) is 5.13. The van der Waals surface area contributed by atoms with Crippen LogP contribution in [0, 0.1) is 0 Å². The van der Waals surface area contributed by atoms with Crippen molar-refractivity contribution in [2.24, 2.45) is 0 Å². The fourth-order valence-corrected chi connectivity index (χ4v) is 4.38. The number of amides is 1. The second-order valence-corrected chi connectivity index (χ2v) is 7.80. The molecular formula is C17H22N2O6S. The van der Waals surface area contributed by atoms with Crippen molar-refractivity contribution >= 4 is 28.0 Å². The van der Waals surface area contributed by atoms with Gasteiger partial charge in [-0.2, -0.15) is 0 Å². The van der Waals surface area contributed by atoms with Crippen LogP contribution in [0.5, 0.6) is 0 Å². The molecule has 0 unspecified atom stereocenters. The number of benzene rings is 1. The Balaban J connectivity index is 2.34. The van der Waals surface area contributed by atoms with E-state index in [2.05, 4.69) is 0 Å². The Kier molecular flexibility index (Phi) is 6.90. The van der Waals surface area contributed by atoms with Gasteiger partial charge >= 0.3 is 5.97 Å². The summed E-state index contributed by atoms with van der Waals surface area (Å²) in [6.45, 7) is 1.16. The van der Waals surface area contributed by atoms with Gasteiger partial charge in [-0.1, -0.05) is 31.4 Å². The summed E-state index contributed by atoms with van der Waals surface area (Å²) in [4.78, 5) is 27.5. The standard InChI is InChI=1S/C17H22N2O6S/c1-13(20)25-19(15-7-3-2-4-8-15)26(23,24)16-9-5-6-14(12-16)10-11-17(21)18-22/h5-6,9-12,15,22H,2-4,7-8H2,1H3,(H,18,21)/b11-10+. The van der Waals surface area contributed by atoms with E-state index in [0.717, 1.165) is 36.7 Å². The summed E-state index contributed by atoms with van der Waals surface area (Å²) in [5.74, 6) is -1.43. The van der Waals surface area contributed by atoms with Crippen molar-refractivity contribution in [3.05, 3.63) is 35.9 Å². The van der Waals surface area contributed by atoms with Gasteiger partial charge in [-0.3, -0.25) is 14.8 Å². The van der Waals surface area contributed by atoms with Gasteiger partial charge in [0.15, 0.2) is 0 Å². The van der Waals surface area contributed by atoms with E-state index in [9.17, 15) is 18.0 Å². The van der Waals surface area contributed by atoms with Crippen molar-refractivity contribution in [2.75, 3.05) is 0 Å². The zero-order chi connectivity index (χ0) is 19.2. The van der Waals surface area contributed by atoms with Gasteiger partial charge in [0, 0.05) is 13.0 Å². The molecule has 0 spiro atoms. The summed E-state index contributed by atoms with van der Waals surface area (Å²) < 4.78 is 26.9. The molecule has 0 heterocycles. The van der Waals surface area contributed by atoms with Crippen LogP contribution in [0.4, 0.5) is 0 Å². The maximum absolute atomic E-state index is 13.0. The van der Waals surface area contributed by atoms with Crippen LogP contribution in [0.25, 0.3) is 6.08 Å². The molecular weight excluding hydrogens is 360 g/mol. The Bertz CT molecular complexity index is 784. The Labute approximate surface area is 152 Å². The lowest BCUT2D eigenvalue weighted by Crippen LogP contribution is -2.42. The molecule has 142 valence electrons. The quantitative estimate of drug-likeness (QED) is 0.442. The molecule has 1 amide bonds. The molecule has 26 heavy (non-hydrogen) atoms. The predicted octanol–water partition coefficient (Wildman–Crippen LogP) is 2.01. The average molecular weight is 382 g/mol. The van der Waals surface area contributed by atoms with Gasteiger partial charge in [0.2, 0.25) is 0 Å². The Morgan fingerprint density at radius 2 is 1.96 bits per heavy atom. The summed E-state index contributed by atoms with van der Waals surface area (Å²) in [5.41, 5.74) is 1.90. The first-order chi connectivity index (χ1) is 12.3. The highest BCUT2D eigenvalue weighted by Crippen LogP contribution is 2.28. The molecule has 0 aromatic heterocycles. The van der Waals surface area contributed by atoms with Crippen molar-refractivity contribution in [3.63, 3.8) is 0 Å². The van der Waals surface area contributed by atoms with Crippen LogP contribution in [0.2, 0.25) is 0 Å². The fourth-order valence-electron chi connectivity index (χ4n) is 2.83. The molecule has 8 nitrogen and oxygen atoms in total. The number of nitrogens with one attached hydrogen (secondary N) is 1. The Hall–Kier alpha value is -2.23. The molecule has 9 heteroatoms. The minimum atomic E-state index is -4.06. The van der Waals surface area contributed by atoms with Crippen LogP contribution in [0.3, 0.4) is 0 Å². The number of hydrogen-bond acceptors (Lipinski definition) is 6. The van der Waals surface area contributed by atoms with Crippen molar-refractivity contribution < 1.29 is 28.1 Å². The van der Waals surface area contributed by atoms with E-state index < -0.39 is 27.9 Å². The van der Waals surface area contributed by atoms with Crippen molar-refractivity contribution in [1.82, 2.24) is 9.95 Å². The minimum absolute atomic E-state index is 0.0455. The van der Waals surface area contributed by atoms with Crippen molar-refractivity contribution in [3.8, 4) is 0 Å². The molecule has 0 aliphatic heterocycles. The van der Waals surface area contributed by atoms with Gasteiger partial charge in [0.1, 0.15) is 0 Å². The van der Waals surface area contributed by atoms with Gasteiger partial charge in [-0.05, 0) is 41.1 Å². The lowest BCUT2D eigenvalue weighted by Gasteiger charge is -2.31. The first-order valence-electron chi connectivity index (χ1n) is 8.30. The lowest BCUT2D eigenvalue weighted by molar-refractivity contribution is -0.174. The summed E-state index contributed by atoms with van der Waals surface area (Å²) >= 11 is 0. The topological polar surface area (TPSA) is 113 Å². The van der Waals surface area contributed by atoms with Crippen LogP contribution < -0.4 is 5.48 Å². The van der Waals surface area contributed by atoms with E-state index in [1.807, 2.05) is 0 Å². The minimum Gasteiger partial charge on any atom is -0.353 e. The van der Waals surface area contributed by atoms with E-state index in [-0.39, 0.29) is 4.90 Å². The molecule has 1 aliphatic rings. The van der Waals surface area contributed by atoms with Gasteiger partial charge < -0.3 is 4.84 Å². The largest absolute Gasteiger partial charge is 0.353 e. The van der Waals surface area contributed by atoms with E-state index >= 15 is 0 Å². The third-order valence-corrected chi connectivity index (χ3v) is 5.72. The first kappa shape index (κ1) is 20.1. The van der Waals surface area contributed by atoms with Crippen LogP contribution in [-0.2, 0) is 24.4 Å². The number of rotatable bonds is 6. The SMILES string of the molecule is CC(=O)ON(C1CCCCC1)S(=O)(=O)c1cccc(/C=C/C(=O)NO)c1. The molecule has 2 rings (SSSR count). The fraction of sp³-hybridized carbons (Fsp3) is 0.412. The van der Waals surface area contributed by atoms with Gasteiger partial charge in [0.25, 0.3) is 15.9 Å². The molecule has 0 radical (unpaired) electrons. The molecule has 1 aromatic carbocycles. The number of carbonyl (C=O) groups is 2. The number of hydroxylamine groups is 2. The van der Waals surface area contributed by atoms with E-state index in [4.69, 9.17) is 10.0 Å². The molecule has 1 aromatic rings. The predicted molar refractivity (Wildman–Crippen MR) is 93.1 cm³/mol. The van der Waals surface area contributed by atoms with Crippen LogP contribution in [0.15, 0.2) is 35.2 Å². The lowest BCUT2D eigenvalue weighted by atomic mass is 9.96. The number of nitrogens with zero attached hydrogens (tertiary/aromatic N) is 1. The monoisotopic (exact) mass is 382 g/mol. The van der Waals surface area contributed by atoms with Crippen LogP contribution >= 0.6 is 0 Å². The Morgan fingerprint density at radius 1 is 1.27 bits per heavy atom. The zero-order valence-electron chi connectivity index (χ0n) is 14.4. The number of hydrogen-bond donors (Lipinski definition) is 2. The van der Waals surface area contributed by atoms with Gasteiger partial charge in [-0.25, -0.2) is 13.9 Å². The first-order valence-corrected chi connectivity index (χ1v) is 9.74. The molecule has 0 bridgehead atoms. The highest BCUT2D eigenvalue weighted by Gasteiger charge is 2.35. The van der Waals surface area contributed by atoms with E-state index in [0.29, 0.717) is 18.4 Å². The number of sulfonamides is 1. The molecule has 1 saturated carbocycles. The third-order valence-electron chi connectivity index (χ3n) is 4.02. The maximum Gasteiger partial charge on any atom is 0.323 e. The summed E-state index contributed by atoms with van der Waals surface area (Å²) in [6, 6.07) is 5.51. The molecule has 1 fully saturated rings. The second-order valence-electron chi connectivity index (χ2n) is 6.02. The summed E-state index contributed by atoms with van der Waals surface area (Å²) in [6.07, 6.45) is 6.45. The van der Waals surface area contributed by atoms with E-state index in [1.165, 1.54) is 29.8 Å². The molecule has 0 saturated heterocycles. The normalized spacial score (nSPS) is 16.0. The summed E-state index contributed by atoms with van der Waals surface area (Å²) in [7, 11) is -4.06. The van der Waals surface area contributed by atoms with Crippen LogP contribution in [-0.4, -0.2) is 36.0 Å². The summed E-state index contributed by atoms with van der Waals surface area (Å²) in [5, 5.41) is 8.50. The van der Waals surface area contributed by atoms with Crippen molar-refractivity contribution in [2.45, 2.75) is 50.0 Å². The van der Waals surface area contributed by atoms with E-state index in [1.54, 1.807) is 6.07 Å². The smallest absolute Gasteiger partial charge is 0.323 e. The average Bonchev–Trinajstić information content (AvgIpc) is 2.64. The molecule has 2 N–H and O–H groups in total. The molecule has 1 aliphatic carbocycles. The van der Waals surface area contributed by atoms with Crippen LogP contribution in [0.1, 0.15) is 44.6 Å². The van der Waals surface area contributed by atoms with Crippen molar-refractivity contribution in [1.29, 1.82) is 0 Å². The second kappa shape index (κ2) is 8.93. The highest BCUT2D eigenvalue weighted by molar-refractivity contribution is 7.89. The zero-order valence-corrected chi connectivity index (χ0v) is 15.2. The van der Waals surface area contributed by atoms with Gasteiger partial charge in [0.05, 0.1) is 10.9 Å².